The summed E-state index contributed by atoms with van der Waals surface area (Å²) >= 11 is 0. The largest absolute Gasteiger partial charge is 0.744 e. The molecule has 6 unspecified atom stereocenters. The zero-order valence-corrected chi connectivity index (χ0v) is 88.2. The molecule has 132 heavy (non-hydrogen) atoms. The standard InChI is InChI=1S/2C15H24O6S.2C14H22O6S.2C13H20O6S.6CH3/c1-6-8-10-13(20-4)11(9(3)7-2)12(16)14(21-5)15(10)22(17,18)19;1-6-8-10-11(9(3)7-2)12(16)14(21-5)15(13(10)20-4)22(17,18)19;1-6-8(3)10-11(15)13(20-5)14(21(16,17)18)9(7-2)12(10)19-4;1-6-8(3)10-9(7-2)12(19-4)14(21(16,17)18)13(20-5)11(10)15;1-6-7(2)9-10(14)12(19-5)13(20(15,16)17)8(3)11(9)18-4;1-6-7(2)9-8(3)11(18-4)13(20(15,16)17)12(19-5)10(9)14;;;;;;/h2*9,16H,6-8H2,1-5H3,(H,17,18,19);2*8,15H,6-7H2,1-5H3,(H,16,17,18);2*7,14H,6H2,1-5H3,(H,15,16,17);6*1H3/q;;;;;;6*+1/p-6. The van der Waals surface area contributed by atoms with E-state index < -0.39 is 90.1 Å². The van der Waals surface area contributed by atoms with Crippen molar-refractivity contribution in [2.24, 2.45) is 0 Å². The van der Waals surface area contributed by atoms with Crippen LogP contribution in [0.4, 0.5) is 0 Å². The fraction of sp³-hybridized carbons (Fsp3) is 0.533. The van der Waals surface area contributed by atoms with Crippen molar-refractivity contribution in [3.8, 4) is 103 Å². The summed E-state index contributed by atoms with van der Waals surface area (Å²) in [6.07, 6.45) is 7.15. The van der Waals surface area contributed by atoms with Gasteiger partial charge in [-0.25, -0.2) is 50.5 Å². The number of hydrogen-bond acceptors (Lipinski definition) is 36. The number of phenolic OH excluding ortho intramolecular Hbond substituents is 6. The maximum Gasteiger partial charge on any atom is 0.182 e. The Morgan fingerprint density at radius 2 is 0.417 bits per heavy atom. The number of methoxy groups -OCH3 is 12. The van der Waals surface area contributed by atoms with Crippen LogP contribution in [-0.2, 0) is 86.4 Å². The number of phenols is 6. The lowest BCUT2D eigenvalue weighted by Crippen LogP contribution is -2.11. The molecule has 0 aromatic heterocycles. The van der Waals surface area contributed by atoms with Crippen LogP contribution < -0.4 is 56.8 Å². The molecule has 0 aliphatic rings. The smallest absolute Gasteiger partial charge is 0.182 e. The topological polar surface area (TPSA) is 575 Å². The lowest BCUT2D eigenvalue weighted by atomic mass is 9.89. The first kappa shape index (κ1) is 133. The van der Waals surface area contributed by atoms with E-state index in [4.69, 9.17) is 56.8 Å². The van der Waals surface area contributed by atoms with E-state index in [-0.39, 0.29) is 207 Å². The molecule has 0 aliphatic carbocycles. The van der Waals surface area contributed by atoms with Gasteiger partial charge in [0, 0.05) is 106 Å². The minimum Gasteiger partial charge on any atom is -0.744 e. The average Bonchev–Trinajstić information content (AvgIpc) is 0.792. The van der Waals surface area contributed by atoms with E-state index in [1.165, 1.54) is 92.2 Å². The highest BCUT2D eigenvalue weighted by atomic mass is 32.2. The Kier molecular flexibility index (Phi) is 57.0. The predicted octanol–water partition coefficient (Wildman–Crippen LogP) is 17.3. The lowest BCUT2D eigenvalue weighted by Gasteiger charge is -2.25. The van der Waals surface area contributed by atoms with Gasteiger partial charge in [0.1, 0.15) is 125 Å². The maximum absolute atomic E-state index is 11.7. The summed E-state index contributed by atoms with van der Waals surface area (Å²) in [6.45, 7) is 33.3. The van der Waals surface area contributed by atoms with Crippen LogP contribution in [0.3, 0.4) is 0 Å². The molecule has 6 aromatic rings. The summed E-state index contributed by atoms with van der Waals surface area (Å²) in [6, 6.07) is 0. The van der Waals surface area contributed by atoms with Crippen molar-refractivity contribution >= 4 is 60.7 Å². The van der Waals surface area contributed by atoms with Crippen LogP contribution in [0.25, 0.3) is 0 Å². The van der Waals surface area contributed by atoms with Crippen LogP contribution in [0.2, 0.25) is 0 Å². The van der Waals surface area contributed by atoms with Gasteiger partial charge in [-0.05, 0) is 119 Å². The van der Waals surface area contributed by atoms with Gasteiger partial charge < -0.3 is 115 Å². The number of ether oxygens (including phenoxy) is 12. The fourth-order valence-electron chi connectivity index (χ4n) is 14.5. The van der Waals surface area contributed by atoms with Gasteiger partial charge in [-0.3, -0.25) is 0 Å². The van der Waals surface area contributed by atoms with Crippen molar-refractivity contribution in [1.29, 1.82) is 0 Å². The molecule has 0 saturated heterocycles. The molecule has 0 fully saturated rings. The van der Waals surface area contributed by atoms with Crippen LogP contribution in [0.15, 0.2) is 29.4 Å². The quantitative estimate of drug-likeness (QED) is 0.0157. The van der Waals surface area contributed by atoms with Gasteiger partial charge in [0.25, 0.3) is 0 Å². The number of hydrogen-bond donors (Lipinski definition) is 6. The molecule has 0 heterocycles. The van der Waals surface area contributed by atoms with Crippen LogP contribution >= 0.6 is 0 Å². The highest BCUT2D eigenvalue weighted by Crippen LogP contribution is 2.56. The molecule has 0 radical (unpaired) electrons. The van der Waals surface area contributed by atoms with Crippen molar-refractivity contribution in [2.45, 2.75) is 267 Å². The van der Waals surface area contributed by atoms with Gasteiger partial charge in [-0.1, -0.05) is 124 Å². The summed E-state index contributed by atoms with van der Waals surface area (Å²) in [5.74, 6) is -3.79. The highest BCUT2D eigenvalue weighted by molar-refractivity contribution is 7.87. The first-order valence-corrected chi connectivity index (χ1v) is 48.5. The zero-order valence-electron chi connectivity index (χ0n) is 83.3. The zero-order chi connectivity index (χ0) is 98.2. The summed E-state index contributed by atoms with van der Waals surface area (Å²) in [7, 11) is -13.7. The van der Waals surface area contributed by atoms with Crippen molar-refractivity contribution in [2.75, 3.05) is 85.3 Å². The Hall–Kier alpha value is -9.60. The minimum absolute atomic E-state index is 0. The van der Waals surface area contributed by atoms with Crippen LogP contribution in [-0.4, -0.2) is 194 Å². The van der Waals surface area contributed by atoms with E-state index in [0.717, 1.165) is 19.3 Å². The third-order valence-electron chi connectivity index (χ3n) is 21.4. The van der Waals surface area contributed by atoms with Crippen LogP contribution in [0.5, 0.6) is 103 Å². The minimum atomic E-state index is -4.86. The normalized spacial score (nSPS) is 12.5. The maximum atomic E-state index is 11.7. The molecule has 6 atom stereocenters. The van der Waals surface area contributed by atoms with E-state index in [9.17, 15) is 108 Å². The van der Waals surface area contributed by atoms with Gasteiger partial charge in [0.2, 0.25) is 0 Å². The molecule has 0 amide bonds. The molecule has 0 aliphatic heterocycles. The van der Waals surface area contributed by atoms with Gasteiger partial charge in [-0.2, -0.15) is 0 Å². The van der Waals surface area contributed by atoms with E-state index in [2.05, 4.69) is 0 Å². The first-order chi connectivity index (χ1) is 58.4. The Morgan fingerprint density at radius 3 is 0.667 bits per heavy atom. The van der Waals surface area contributed by atoms with Gasteiger partial charge in [0.05, 0.1) is 85.3 Å². The molecule has 6 aromatic carbocycles. The molecule has 0 spiro atoms. The van der Waals surface area contributed by atoms with Gasteiger partial charge in [0.15, 0.2) is 69.0 Å². The first-order valence-electron chi connectivity index (χ1n) is 40.0. The number of rotatable bonds is 36. The van der Waals surface area contributed by atoms with Crippen LogP contribution in [0, 0.1) is 58.4 Å². The molecular formula is C90H144O36S6. The second kappa shape index (κ2) is 56.6. The Balaban J connectivity index is -0.000000358. The number of benzene rings is 6. The monoisotopic (exact) mass is 1990 g/mol. The SMILES string of the molecule is CCC(C)c1c(C)c(OC)c(S(=O)(=O)[O-])c(OC)c1O.CCC(C)c1c(O)c(OC)c(S(=O)(=O)[O-])c(C)c1OC.CCCc1c(OC)c(C(C)CC)c(O)c(OC)c1S(=O)(=O)[O-].CCCc1c(OC)c(S(=O)(=O)[O-])c(OC)c(O)c1C(C)CC.CCc1c(OC)c(C(C)CC)c(O)c(OC)c1S(=O)(=O)[O-].CCc1c(OC)c(S(=O)(=O)[O-])c(OC)c(O)c1C(C)CC.[CH3+].[CH3+].[CH3+].[CH3+].[CH3+].[CH3+]. The average molecular weight is 1990 g/mol. The molecule has 0 saturated carbocycles. The Morgan fingerprint density at radius 1 is 0.227 bits per heavy atom. The van der Waals surface area contributed by atoms with E-state index in [1.807, 2.05) is 96.9 Å². The van der Waals surface area contributed by atoms with E-state index in [1.54, 1.807) is 20.8 Å². The molecule has 6 N–H and O–H groups in total. The Bertz CT molecular complexity index is 5320. The highest BCUT2D eigenvalue weighted by Gasteiger charge is 2.37. The van der Waals surface area contributed by atoms with E-state index >= 15 is 0 Å². The third kappa shape index (κ3) is 29.7. The molecule has 36 nitrogen and oxygen atoms in total. The third-order valence-corrected chi connectivity index (χ3v) is 26.9. The van der Waals surface area contributed by atoms with Crippen molar-refractivity contribution < 1.29 is 165 Å². The molecular weight excluding hydrogens is 1850 g/mol. The molecule has 42 heteroatoms. The van der Waals surface area contributed by atoms with Gasteiger partial charge >= 0.3 is 0 Å². The van der Waals surface area contributed by atoms with Crippen molar-refractivity contribution in [3.05, 3.63) is 111 Å². The van der Waals surface area contributed by atoms with Crippen molar-refractivity contribution in [1.82, 2.24) is 0 Å². The fourth-order valence-corrected chi connectivity index (χ4v) is 19.8. The summed E-state index contributed by atoms with van der Waals surface area (Å²) in [4.78, 5) is -3.60. The summed E-state index contributed by atoms with van der Waals surface area (Å²) in [5.41, 5.74) is 5.16. The van der Waals surface area contributed by atoms with Gasteiger partial charge in [-0.15, -0.1) is 0 Å². The van der Waals surface area contributed by atoms with Crippen LogP contribution in [0.1, 0.15) is 264 Å². The summed E-state index contributed by atoms with van der Waals surface area (Å²) in [5, 5.41) is 62.2. The van der Waals surface area contributed by atoms with E-state index in [0.29, 0.717) is 101 Å². The molecule has 756 valence electrons. The second-order valence-electron chi connectivity index (χ2n) is 28.9. The summed E-state index contributed by atoms with van der Waals surface area (Å²) < 4.78 is 269. The Labute approximate surface area is 787 Å². The van der Waals surface area contributed by atoms with Crippen molar-refractivity contribution in [3.63, 3.8) is 0 Å². The molecule has 0 bridgehead atoms. The predicted molar refractivity (Wildman–Crippen MR) is 502 cm³/mol. The lowest BCUT2D eigenvalue weighted by molar-refractivity contribution is 0.334. The number of aromatic hydroxyl groups is 6. The molecule has 6 rings (SSSR count). The second-order valence-corrected chi connectivity index (χ2v) is 36.8.